The Hall–Kier alpha value is -2.15. The van der Waals surface area contributed by atoms with Gasteiger partial charge in [0, 0.05) is 38.0 Å². The molecule has 5 nitrogen and oxygen atoms in total. The summed E-state index contributed by atoms with van der Waals surface area (Å²) < 4.78 is 23.7. The zero-order chi connectivity index (χ0) is 21.2. The van der Waals surface area contributed by atoms with Crippen LogP contribution >= 0.6 is 0 Å². The molecule has 0 amide bonds. The van der Waals surface area contributed by atoms with E-state index in [1.54, 1.807) is 24.3 Å². The standard InChI is InChI=1S/C23H30N2O3S/c1-5-13-24-15-18(3)25(16-17(24)2)23(20-7-6-8-21(26)14-20)19-9-11-22(12-10-19)29(4,27)28/h5-12,14,17-18,23,26H,1,13,15-16H2,2-4H3. The number of sulfone groups is 1. The Morgan fingerprint density at radius 2 is 1.79 bits per heavy atom. The quantitative estimate of drug-likeness (QED) is 0.734. The summed E-state index contributed by atoms with van der Waals surface area (Å²) in [7, 11) is -3.24. The summed E-state index contributed by atoms with van der Waals surface area (Å²) in [6, 6.07) is 15.0. The van der Waals surface area contributed by atoms with Crippen molar-refractivity contribution >= 4 is 9.84 Å². The normalized spacial score (nSPS) is 22.3. The molecule has 0 saturated carbocycles. The fourth-order valence-electron chi connectivity index (χ4n) is 4.17. The number of phenols is 1. The maximum atomic E-state index is 11.9. The summed E-state index contributed by atoms with van der Waals surface area (Å²) in [5.74, 6) is 0.228. The second-order valence-corrected chi connectivity index (χ2v) is 9.99. The predicted octanol–water partition coefficient (Wildman–Crippen LogP) is 3.47. The van der Waals surface area contributed by atoms with Crippen molar-refractivity contribution in [3.63, 3.8) is 0 Å². The third-order valence-electron chi connectivity index (χ3n) is 5.67. The highest BCUT2D eigenvalue weighted by atomic mass is 32.2. The van der Waals surface area contributed by atoms with Gasteiger partial charge in [0.25, 0.3) is 0 Å². The number of rotatable bonds is 6. The molecule has 156 valence electrons. The first-order chi connectivity index (χ1) is 13.7. The molecule has 2 aromatic rings. The van der Waals surface area contributed by atoms with Crippen LogP contribution in [0.5, 0.6) is 5.75 Å². The van der Waals surface area contributed by atoms with E-state index in [0.29, 0.717) is 10.9 Å². The summed E-state index contributed by atoms with van der Waals surface area (Å²) in [4.78, 5) is 5.17. The lowest BCUT2D eigenvalue weighted by atomic mass is 9.93. The van der Waals surface area contributed by atoms with Gasteiger partial charge < -0.3 is 5.11 Å². The van der Waals surface area contributed by atoms with Crippen molar-refractivity contribution in [1.82, 2.24) is 9.80 Å². The minimum absolute atomic E-state index is 0.0703. The number of phenolic OH excluding ortho intramolecular Hbond substituents is 1. The van der Waals surface area contributed by atoms with Crippen LogP contribution in [0.4, 0.5) is 0 Å². The number of hydrogen-bond acceptors (Lipinski definition) is 5. The molecule has 3 rings (SSSR count). The van der Waals surface area contributed by atoms with Gasteiger partial charge in [-0.15, -0.1) is 6.58 Å². The molecule has 1 N–H and O–H groups in total. The molecule has 0 aliphatic carbocycles. The van der Waals surface area contributed by atoms with E-state index in [1.165, 1.54) is 6.26 Å². The molecule has 1 saturated heterocycles. The van der Waals surface area contributed by atoms with E-state index < -0.39 is 9.84 Å². The van der Waals surface area contributed by atoms with E-state index in [-0.39, 0.29) is 17.8 Å². The lowest BCUT2D eigenvalue weighted by molar-refractivity contribution is 0.0306. The lowest BCUT2D eigenvalue weighted by Crippen LogP contribution is -2.57. The van der Waals surface area contributed by atoms with Gasteiger partial charge in [0.1, 0.15) is 5.75 Å². The summed E-state index contributed by atoms with van der Waals surface area (Å²) >= 11 is 0. The first-order valence-corrected chi connectivity index (χ1v) is 11.8. The molecule has 3 atom stereocenters. The van der Waals surface area contributed by atoms with Crippen molar-refractivity contribution in [2.75, 3.05) is 25.9 Å². The van der Waals surface area contributed by atoms with Crippen molar-refractivity contribution in [3.8, 4) is 5.75 Å². The first-order valence-electron chi connectivity index (χ1n) is 9.90. The van der Waals surface area contributed by atoms with Crippen molar-refractivity contribution < 1.29 is 13.5 Å². The van der Waals surface area contributed by atoms with Crippen LogP contribution in [0, 0.1) is 0 Å². The summed E-state index contributed by atoms with van der Waals surface area (Å²) in [6.45, 7) is 10.9. The molecular weight excluding hydrogens is 384 g/mol. The molecule has 0 spiro atoms. The van der Waals surface area contributed by atoms with Gasteiger partial charge in [-0.1, -0.05) is 30.3 Å². The summed E-state index contributed by atoms with van der Waals surface area (Å²) in [5.41, 5.74) is 2.01. The van der Waals surface area contributed by atoms with E-state index in [2.05, 4.69) is 30.2 Å². The van der Waals surface area contributed by atoms with Gasteiger partial charge in [-0.2, -0.15) is 0 Å². The average Bonchev–Trinajstić information content (AvgIpc) is 2.66. The van der Waals surface area contributed by atoms with Crippen LogP contribution in [-0.2, 0) is 9.84 Å². The Labute approximate surface area is 174 Å². The van der Waals surface area contributed by atoms with Gasteiger partial charge in [-0.25, -0.2) is 8.42 Å². The van der Waals surface area contributed by atoms with Gasteiger partial charge in [-0.3, -0.25) is 9.80 Å². The average molecular weight is 415 g/mol. The fourth-order valence-corrected chi connectivity index (χ4v) is 4.80. The smallest absolute Gasteiger partial charge is 0.175 e. The van der Waals surface area contributed by atoms with Crippen LogP contribution in [0.1, 0.15) is 31.0 Å². The lowest BCUT2D eigenvalue weighted by Gasteiger charge is -2.47. The summed E-state index contributed by atoms with van der Waals surface area (Å²) in [5, 5.41) is 10.1. The molecule has 6 heteroatoms. The van der Waals surface area contributed by atoms with E-state index in [1.807, 2.05) is 30.3 Å². The topological polar surface area (TPSA) is 60.9 Å². The molecule has 3 unspecified atom stereocenters. The van der Waals surface area contributed by atoms with E-state index in [4.69, 9.17) is 0 Å². The Bertz CT molecular complexity index is 956. The van der Waals surface area contributed by atoms with E-state index in [0.717, 1.165) is 30.8 Å². The van der Waals surface area contributed by atoms with Crippen molar-refractivity contribution in [3.05, 3.63) is 72.3 Å². The number of aromatic hydroxyl groups is 1. The predicted molar refractivity (Wildman–Crippen MR) is 117 cm³/mol. The third-order valence-corrected chi connectivity index (χ3v) is 6.80. The van der Waals surface area contributed by atoms with Gasteiger partial charge in [0.15, 0.2) is 9.84 Å². The monoisotopic (exact) mass is 414 g/mol. The Kier molecular flexibility index (Phi) is 6.46. The van der Waals surface area contributed by atoms with Gasteiger partial charge in [0.2, 0.25) is 0 Å². The maximum Gasteiger partial charge on any atom is 0.175 e. The minimum Gasteiger partial charge on any atom is -0.508 e. The van der Waals surface area contributed by atoms with Crippen LogP contribution in [0.2, 0.25) is 0 Å². The minimum atomic E-state index is -3.24. The van der Waals surface area contributed by atoms with E-state index >= 15 is 0 Å². The van der Waals surface area contributed by atoms with Crippen molar-refractivity contribution in [2.45, 2.75) is 36.9 Å². The molecule has 2 aromatic carbocycles. The third kappa shape index (κ3) is 4.89. The van der Waals surface area contributed by atoms with Crippen LogP contribution in [-0.4, -0.2) is 61.3 Å². The van der Waals surface area contributed by atoms with E-state index in [9.17, 15) is 13.5 Å². The van der Waals surface area contributed by atoms with Crippen LogP contribution in [0.25, 0.3) is 0 Å². The fraction of sp³-hybridized carbons (Fsp3) is 0.391. The molecule has 0 aromatic heterocycles. The largest absolute Gasteiger partial charge is 0.508 e. The highest BCUT2D eigenvalue weighted by molar-refractivity contribution is 7.90. The molecule has 0 bridgehead atoms. The SMILES string of the molecule is C=CCN1CC(C)N(C(c2ccc(S(C)(=O)=O)cc2)c2cccc(O)c2)CC1C. The van der Waals surface area contributed by atoms with Crippen LogP contribution in [0.3, 0.4) is 0 Å². The van der Waals surface area contributed by atoms with Crippen molar-refractivity contribution in [2.24, 2.45) is 0 Å². The molecular formula is C23H30N2O3S. The molecule has 1 fully saturated rings. The zero-order valence-electron chi connectivity index (χ0n) is 17.3. The number of hydrogen-bond donors (Lipinski definition) is 1. The van der Waals surface area contributed by atoms with Crippen molar-refractivity contribution in [1.29, 1.82) is 0 Å². The number of benzene rings is 2. The number of nitrogens with zero attached hydrogens (tertiary/aromatic N) is 2. The molecule has 29 heavy (non-hydrogen) atoms. The van der Waals surface area contributed by atoms with Crippen LogP contribution < -0.4 is 0 Å². The van der Waals surface area contributed by atoms with Gasteiger partial charge in [0.05, 0.1) is 10.9 Å². The van der Waals surface area contributed by atoms with Gasteiger partial charge >= 0.3 is 0 Å². The molecule has 1 aliphatic rings. The maximum absolute atomic E-state index is 11.9. The second-order valence-electron chi connectivity index (χ2n) is 7.98. The second kappa shape index (κ2) is 8.69. The Morgan fingerprint density at radius 3 is 2.38 bits per heavy atom. The molecule has 0 radical (unpaired) electrons. The molecule has 1 heterocycles. The number of piperazine rings is 1. The first kappa shape index (κ1) is 21.6. The van der Waals surface area contributed by atoms with Gasteiger partial charge in [-0.05, 0) is 49.2 Å². The Balaban J connectivity index is 2.01. The zero-order valence-corrected chi connectivity index (χ0v) is 18.1. The Morgan fingerprint density at radius 1 is 1.10 bits per heavy atom. The molecule has 1 aliphatic heterocycles. The van der Waals surface area contributed by atoms with Crippen LogP contribution in [0.15, 0.2) is 66.1 Å². The highest BCUT2D eigenvalue weighted by Crippen LogP contribution is 2.34. The highest BCUT2D eigenvalue weighted by Gasteiger charge is 2.34. The summed E-state index contributed by atoms with van der Waals surface area (Å²) in [6.07, 6.45) is 3.16.